The molecule has 1 spiro atoms. The van der Waals surface area contributed by atoms with Crippen molar-refractivity contribution in [2.24, 2.45) is 0 Å². The van der Waals surface area contributed by atoms with Crippen LogP contribution in [0.4, 0.5) is 0 Å². The van der Waals surface area contributed by atoms with Gasteiger partial charge < -0.3 is 20.1 Å². The summed E-state index contributed by atoms with van der Waals surface area (Å²) in [5.74, 6) is -2.94. The third-order valence-corrected chi connectivity index (χ3v) is 5.89. The molecule has 3 N–H and O–H groups in total. The maximum absolute atomic E-state index is 13.2. The van der Waals surface area contributed by atoms with E-state index in [0.29, 0.717) is 18.5 Å². The Hall–Kier alpha value is -3.35. The van der Waals surface area contributed by atoms with Crippen molar-refractivity contribution >= 4 is 17.7 Å². The number of Topliss-reactive ketones (excluding diaryl/α,β-unsaturated/α-hetero) is 1. The molecule has 1 aliphatic heterocycles. The molecule has 1 aromatic carbocycles. The molecule has 2 aromatic rings. The molecule has 4 rings (SSSR count). The monoisotopic (exact) mass is 394 g/mol. The second-order valence-corrected chi connectivity index (χ2v) is 7.63. The number of aliphatic hydroxyl groups excluding tert-OH is 1. The number of carbonyl (C=O) groups is 3. The molecule has 1 atom stereocenters. The van der Waals surface area contributed by atoms with Gasteiger partial charge >= 0.3 is 5.97 Å². The number of benzene rings is 1. The second-order valence-electron chi connectivity index (χ2n) is 7.63. The number of nitrogens with one attached hydrogen (secondary N) is 1. The summed E-state index contributed by atoms with van der Waals surface area (Å²) in [7, 11) is 0. The SMILES string of the molecule is CC(NC(=O)C1=C(O)C2(CCCC2)n2c(ccc2-c2ccccc2)C1=O)C(=O)O. The van der Waals surface area contributed by atoms with Crippen molar-refractivity contribution in [3.8, 4) is 11.3 Å². The van der Waals surface area contributed by atoms with E-state index in [4.69, 9.17) is 5.11 Å². The highest BCUT2D eigenvalue weighted by Gasteiger charge is 2.50. The lowest BCUT2D eigenvalue weighted by Crippen LogP contribution is -2.46. The molecule has 1 fully saturated rings. The molecule has 0 radical (unpaired) electrons. The number of aliphatic carboxylic acids is 1. The Morgan fingerprint density at radius 3 is 2.31 bits per heavy atom. The Kier molecular flexibility index (Phi) is 4.53. The van der Waals surface area contributed by atoms with Gasteiger partial charge in [0.05, 0.1) is 5.69 Å². The summed E-state index contributed by atoms with van der Waals surface area (Å²) in [6.45, 7) is 1.31. The largest absolute Gasteiger partial charge is 0.509 e. The number of nitrogens with zero attached hydrogens (tertiary/aromatic N) is 1. The van der Waals surface area contributed by atoms with E-state index in [-0.39, 0.29) is 11.3 Å². The van der Waals surface area contributed by atoms with E-state index >= 15 is 0 Å². The molecule has 7 heteroatoms. The third kappa shape index (κ3) is 2.85. The van der Waals surface area contributed by atoms with E-state index in [1.54, 1.807) is 6.07 Å². The van der Waals surface area contributed by atoms with Crippen LogP contribution in [-0.4, -0.2) is 38.5 Å². The van der Waals surface area contributed by atoms with Gasteiger partial charge in [0.1, 0.15) is 22.9 Å². The predicted molar refractivity (Wildman–Crippen MR) is 106 cm³/mol. The van der Waals surface area contributed by atoms with Crippen LogP contribution in [0.2, 0.25) is 0 Å². The summed E-state index contributed by atoms with van der Waals surface area (Å²) in [5.41, 5.74) is 0.817. The number of aromatic nitrogens is 1. The molecule has 0 saturated heterocycles. The Morgan fingerprint density at radius 1 is 1.07 bits per heavy atom. The summed E-state index contributed by atoms with van der Waals surface area (Å²) in [6, 6.07) is 11.9. The number of hydrogen-bond acceptors (Lipinski definition) is 4. The number of rotatable bonds is 4. The number of allylic oxidation sites excluding steroid dienone is 1. The van der Waals surface area contributed by atoms with Crippen molar-refractivity contribution in [3.63, 3.8) is 0 Å². The van der Waals surface area contributed by atoms with Crippen LogP contribution in [0, 0.1) is 0 Å². The summed E-state index contributed by atoms with van der Waals surface area (Å²) < 4.78 is 1.87. The third-order valence-electron chi connectivity index (χ3n) is 5.89. The fourth-order valence-corrected chi connectivity index (χ4v) is 4.45. The average Bonchev–Trinajstić information content (AvgIpc) is 3.35. The van der Waals surface area contributed by atoms with Gasteiger partial charge in [-0.1, -0.05) is 43.2 Å². The maximum Gasteiger partial charge on any atom is 0.325 e. The molecule has 1 saturated carbocycles. The Labute approximate surface area is 167 Å². The van der Waals surface area contributed by atoms with Gasteiger partial charge in [-0.15, -0.1) is 0 Å². The van der Waals surface area contributed by atoms with E-state index in [9.17, 15) is 19.5 Å². The molecule has 29 heavy (non-hydrogen) atoms. The van der Waals surface area contributed by atoms with Crippen molar-refractivity contribution in [3.05, 3.63) is 59.5 Å². The van der Waals surface area contributed by atoms with E-state index < -0.39 is 29.2 Å². The van der Waals surface area contributed by atoms with Crippen LogP contribution in [0.15, 0.2) is 53.8 Å². The lowest BCUT2D eigenvalue weighted by molar-refractivity contribution is -0.140. The number of carbonyl (C=O) groups excluding carboxylic acids is 2. The van der Waals surface area contributed by atoms with Crippen LogP contribution < -0.4 is 5.32 Å². The van der Waals surface area contributed by atoms with E-state index in [2.05, 4.69) is 5.32 Å². The first kappa shape index (κ1) is 19.0. The lowest BCUT2D eigenvalue weighted by Gasteiger charge is -2.38. The summed E-state index contributed by atoms with van der Waals surface area (Å²) in [4.78, 5) is 37.0. The minimum Gasteiger partial charge on any atom is -0.509 e. The zero-order valence-corrected chi connectivity index (χ0v) is 16.0. The fourth-order valence-electron chi connectivity index (χ4n) is 4.45. The van der Waals surface area contributed by atoms with Crippen molar-refractivity contribution in [2.75, 3.05) is 0 Å². The number of amides is 1. The topological polar surface area (TPSA) is 109 Å². The second kappa shape index (κ2) is 6.92. The molecule has 7 nitrogen and oxygen atoms in total. The van der Waals surface area contributed by atoms with Gasteiger partial charge in [0.25, 0.3) is 5.91 Å². The average molecular weight is 394 g/mol. The highest BCUT2D eigenvalue weighted by atomic mass is 16.4. The van der Waals surface area contributed by atoms with Crippen molar-refractivity contribution in [1.82, 2.24) is 9.88 Å². The maximum atomic E-state index is 13.2. The fraction of sp³-hybridized carbons (Fsp3) is 0.318. The van der Waals surface area contributed by atoms with Crippen molar-refractivity contribution in [2.45, 2.75) is 44.2 Å². The minimum atomic E-state index is -1.22. The van der Waals surface area contributed by atoms with Crippen LogP contribution in [0.1, 0.15) is 43.1 Å². The molecule has 0 bridgehead atoms. The van der Waals surface area contributed by atoms with E-state index in [1.807, 2.05) is 41.0 Å². The smallest absolute Gasteiger partial charge is 0.325 e. The summed E-state index contributed by atoms with van der Waals surface area (Å²) in [6.07, 6.45) is 2.90. The Morgan fingerprint density at radius 2 is 1.69 bits per heavy atom. The van der Waals surface area contributed by atoms with Crippen LogP contribution in [0.3, 0.4) is 0 Å². The molecule has 2 aliphatic rings. The molecular formula is C22H22N2O5. The van der Waals surface area contributed by atoms with Gasteiger partial charge in [-0.3, -0.25) is 14.4 Å². The first-order valence-electron chi connectivity index (χ1n) is 9.66. The van der Waals surface area contributed by atoms with Crippen LogP contribution in [0.25, 0.3) is 11.3 Å². The van der Waals surface area contributed by atoms with Gasteiger partial charge in [0.2, 0.25) is 5.78 Å². The van der Waals surface area contributed by atoms with Crippen molar-refractivity contribution in [1.29, 1.82) is 0 Å². The Bertz CT molecular complexity index is 1030. The zero-order chi connectivity index (χ0) is 20.8. The Balaban J connectivity index is 1.87. The normalized spacial score (nSPS) is 18.6. The van der Waals surface area contributed by atoms with Gasteiger partial charge in [0.15, 0.2) is 0 Å². The molecule has 150 valence electrons. The van der Waals surface area contributed by atoms with Gasteiger partial charge in [-0.2, -0.15) is 0 Å². The molecule has 1 aromatic heterocycles. The number of ketones is 1. The summed E-state index contributed by atoms with van der Waals surface area (Å²) >= 11 is 0. The lowest BCUT2D eigenvalue weighted by atomic mass is 9.84. The van der Waals surface area contributed by atoms with Gasteiger partial charge in [0, 0.05) is 5.69 Å². The molecule has 1 aliphatic carbocycles. The number of carboxylic acids is 1. The minimum absolute atomic E-state index is 0.268. The molecular weight excluding hydrogens is 372 g/mol. The molecule has 1 amide bonds. The first-order chi connectivity index (χ1) is 13.9. The zero-order valence-electron chi connectivity index (χ0n) is 16.0. The number of hydrogen-bond donors (Lipinski definition) is 3. The van der Waals surface area contributed by atoms with E-state index in [0.717, 1.165) is 24.1 Å². The van der Waals surface area contributed by atoms with Crippen LogP contribution in [-0.2, 0) is 15.1 Å². The highest BCUT2D eigenvalue weighted by Crippen LogP contribution is 2.49. The standard InChI is InChI=1S/C22H22N2O5/c1-13(21(28)29)23-20(27)17-18(25)16-10-9-15(14-7-3-2-4-8-14)24(16)22(19(17)26)11-5-6-12-22/h2-4,7-10,13,26H,5-6,11-12H2,1H3,(H,23,27)(H,28,29). The van der Waals surface area contributed by atoms with Crippen LogP contribution in [0.5, 0.6) is 0 Å². The number of aliphatic hydroxyl groups is 1. The van der Waals surface area contributed by atoms with E-state index in [1.165, 1.54) is 6.92 Å². The highest BCUT2D eigenvalue weighted by molar-refractivity contribution is 6.26. The quantitative estimate of drug-likeness (QED) is 0.691. The number of fused-ring (bicyclic) bond motifs is 2. The summed E-state index contributed by atoms with van der Waals surface area (Å²) in [5, 5.41) is 22.5. The molecule has 2 heterocycles. The van der Waals surface area contributed by atoms with Crippen LogP contribution >= 0.6 is 0 Å². The number of carboxylic acid groups (broad SMARTS) is 1. The predicted octanol–water partition coefficient (Wildman–Crippen LogP) is 3.02. The van der Waals surface area contributed by atoms with Gasteiger partial charge in [-0.25, -0.2) is 0 Å². The molecule has 1 unspecified atom stereocenters. The van der Waals surface area contributed by atoms with Crippen molar-refractivity contribution < 1.29 is 24.6 Å². The first-order valence-corrected chi connectivity index (χ1v) is 9.66. The van der Waals surface area contributed by atoms with Gasteiger partial charge in [-0.05, 0) is 37.5 Å².